The Morgan fingerprint density at radius 1 is 0.912 bits per heavy atom. The van der Waals surface area contributed by atoms with Gasteiger partial charge in [0.2, 0.25) is 0 Å². The second-order valence-corrected chi connectivity index (χ2v) is 10.5. The van der Waals surface area contributed by atoms with Crippen LogP contribution in [0, 0.1) is 0 Å². The summed E-state index contributed by atoms with van der Waals surface area (Å²) in [6, 6.07) is 24.1. The van der Waals surface area contributed by atoms with E-state index in [0.29, 0.717) is 17.3 Å². The molecule has 0 heterocycles. The summed E-state index contributed by atoms with van der Waals surface area (Å²) in [5.41, 5.74) is 5.57. The maximum atomic E-state index is 11.8. The van der Waals surface area contributed by atoms with Crippen LogP contribution < -0.4 is 9.64 Å². The number of benzene rings is 3. The number of nitrogens with zero attached hydrogens (tertiary/aromatic N) is 1. The highest BCUT2D eigenvalue weighted by Gasteiger charge is 2.13. The molecule has 0 aliphatic rings. The Kier molecular flexibility index (Phi) is 8.46. The van der Waals surface area contributed by atoms with E-state index in [-0.39, 0.29) is 5.41 Å². The molecule has 0 aliphatic heterocycles. The number of ether oxygens (including phenoxy) is 1. The zero-order valence-corrected chi connectivity index (χ0v) is 21.4. The predicted molar refractivity (Wildman–Crippen MR) is 144 cm³/mol. The van der Waals surface area contributed by atoms with Gasteiger partial charge in [0.05, 0.1) is 4.91 Å². The number of carbonyl (C=O) groups is 1. The molecule has 0 aliphatic carbocycles. The molecule has 0 saturated carbocycles. The molecule has 0 amide bonds. The van der Waals surface area contributed by atoms with Gasteiger partial charge in [-0.3, -0.25) is 0 Å². The smallest absolute Gasteiger partial charge is 0.342 e. The first-order chi connectivity index (χ1) is 16.1. The number of aliphatic carboxylic acids is 1. The molecule has 4 nitrogen and oxygen atoms in total. The van der Waals surface area contributed by atoms with Gasteiger partial charge < -0.3 is 14.7 Å². The Bertz CT molecular complexity index is 1110. The van der Waals surface area contributed by atoms with Crippen LogP contribution in [0.25, 0.3) is 6.08 Å². The van der Waals surface area contributed by atoms with E-state index in [0.717, 1.165) is 28.1 Å². The van der Waals surface area contributed by atoms with Crippen LogP contribution in [0.2, 0.25) is 0 Å². The third-order valence-electron chi connectivity index (χ3n) is 5.46. The first-order valence-electron chi connectivity index (χ1n) is 11.3. The van der Waals surface area contributed by atoms with E-state index in [1.165, 1.54) is 17.3 Å². The van der Waals surface area contributed by atoms with Crippen LogP contribution in [0.4, 0.5) is 5.69 Å². The first-order valence-corrected chi connectivity index (χ1v) is 12.3. The van der Waals surface area contributed by atoms with Gasteiger partial charge >= 0.3 is 5.97 Å². The van der Waals surface area contributed by atoms with Gasteiger partial charge in [-0.15, -0.1) is 11.8 Å². The molecule has 3 aromatic carbocycles. The van der Waals surface area contributed by atoms with Gasteiger partial charge in [-0.25, -0.2) is 4.79 Å². The summed E-state index contributed by atoms with van der Waals surface area (Å²) in [5, 5.41) is 9.64. The van der Waals surface area contributed by atoms with Crippen LogP contribution in [-0.2, 0) is 22.6 Å². The van der Waals surface area contributed by atoms with Crippen molar-refractivity contribution in [3.05, 3.63) is 100.0 Å². The Hall–Kier alpha value is -3.18. The van der Waals surface area contributed by atoms with Crippen LogP contribution in [0.3, 0.4) is 0 Å². The fourth-order valence-corrected chi connectivity index (χ4v) is 4.15. The zero-order chi connectivity index (χ0) is 24.7. The van der Waals surface area contributed by atoms with Crippen molar-refractivity contribution in [2.24, 2.45) is 0 Å². The second-order valence-electron chi connectivity index (χ2n) is 9.47. The van der Waals surface area contributed by atoms with Gasteiger partial charge in [-0.2, -0.15) is 0 Å². The SMILES string of the molecule is CN(C)c1ccc(CS/C(=C/c2ccc(OCc3ccc(C(C)(C)C)cc3)cc2)C(=O)O)cc1. The summed E-state index contributed by atoms with van der Waals surface area (Å²) >= 11 is 1.32. The minimum atomic E-state index is -0.922. The largest absolute Gasteiger partial charge is 0.489 e. The van der Waals surface area contributed by atoms with E-state index >= 15 is 0 Å². The van der Waals surface area contributed by atoms with Crippen molar-refractivity contribution in [1.29, 1.82) is 0 Å². The number of hydrogen-bond acceptors (Lipinski definition) is 4. The minimum absolute atomic E-state index is 0.131. The summed E-state index contributed by atoms with van der Waals surface area (Å²) in [6.07, 6.45) is 1.70. The summed E-state index contributed by atoms with van der Waals surface area (Å²) in [7, 11) is 3.99. The van der Waals surface area contributed by atoms with E-state index in [1.54, 1.807) is 6.08 Å². The average molecular weight is 476 g/mol. The number of hydrogen-bond donors (Lipinski definition) is 1. The lowest BCUT2D eigenvalue weighted by atomic mass is 9.87. The molecule has 3 rings (SSSR count). The van der Waals surface area contributed by atoms with E-state index in [4.69, 9.17) is 4.74 Å². The van der Waals surface area contributed by atoms with Crippen molar-refractivity contribution in [3.8, 4) is 5.75 Å². The van der Waals surface area contributed by atoms with Crippen LogP contribution in [0.15, 0.2) is 77.7 Å². The fraction of sp³-hybridized carbons (Fsp3) is 0.276. The molecule has 0 spiro atoms. The highest BCUT2D eigenvalue weighted by Crippen LogP contribution is 2.26. The second kappa shape index (κ2) is 11.3. The zero-order valence-electron chi connectivity index (χ0n) is 20.5. The van der Waals surface area contributed by atoms with Crippen molar-refractivity contribution < 1.29 is 14.6 Å². The number of carboxylic acids is 1. The predicted octanol–water partition coefficient (Wildman–Crippen LogP) is 6.99. The van der Waals surface area contributed by atoms with Crippen LogP contribution in [-0.4, -0.2) is 25.2 Å². The van der Waals surface area contributed by atoms with Gasteiger partial charge in [0, 0.05) is 25.5 Å². The summed E-state index contributed by atoms with van der Waals surface area (Å²) in [5.74, 6) is 0.428. The van der Waals surface area contributed by atoms with Crippen LogP contribution >= 0.6 is 11.8 Å². The molecule has 0 radical (unpaired) electrons. The van der Waals surface area contributed by atoms with Crippen molar-refractivity contribution in [3.63, 3.8) is 0 Å². The fourth-order valence-electron chi connectivity index (χ4n) is 3.30. The van der Waals surface area contributed by atoms with Gasteiger partial charge in [0.15, 0.2) is 0 Å². The Balaban J connectivity index is 1.59. The van der Waals surface area contributed by atoms with Crippen LogP contribution in [0.1, 0.15) is 43.0 Å². The molecule has 0 saturated heterocycles. The number of carboxylic acid groups (broad SMARTS) is 1. The molecule has 1 N–H and O–H groups in total. The maximum absolute atomic E-state index is 11.8. The van der Waals surface area contributed by atoms with E-state index < -0.39 is 5.97 Å². The van der Waals surface area contributed by atoms with E-state index in [9.17, 15) is 9.90 Å². The molecular weight excluding hydrogens is 442 g/mol. The molecule has 0 unspecified atom stereocenters. The van der Waals surface area contributed by atoms with Crippen LogP contribution in [0.5, 0.6) is 5.75 Å². The highest BCUT2D eigenvalue weighted by molar-refractivity contribution is 8.03. The van der Waals surface area contributed by atoms with Gasteiger partial charge in [0.25, 0.3) is 0 Å². The van der Waals surface area contributed by atoms with E-state index in [2.05, 4.69) is 45.0 Å². The standard InChI is InChI=1S/C29H33NO3S/c1-29(2,3)24-12-6-22(7-13-24)19-33-26-16-10-21(11-17-26)18-27(28(31)32)34-20-23-8-14-25(15-9-23)30(4)5/h6-18H,19-20H2,1-5H3,(H,31,32)/b27-18+. The lowest BCUT2D eigenvalue weighted by molar-refractivity contribution is -0.131. The highest BCUT2D eigenvalue weighted by atomic mass is 32.2. The normalized spacial score (nSPS) is 11.9. The minimum Gasteiger partial charge on any atom is -0.489 e. The molecule has 178 valence electrons. The molecule has 0 fully saturated rings. The van der Waals surface area contributed by atoms with Crippen molar-refractivity contribution >= 4 is 29.5 Å². The number of rotatable bonds is 9. The molecular formula is C29H33NO3S. The van der Waals surface area contributed by atoms with Gasteiger partial charge in [-0.1, -0.05) is 69.3 Å². The summed E-state index contributed by atoms with van der Waals surface area (Å²) < 4.78 is 5.91. The van der Waals surface area contributed by atoms with Gasteiger partial charge in [-0.05, 0) is 58.0 Å². The maximum Gasteiger partial charge on any atom is 0.342 e. The van der Waals surface area contributed by atoms with Crippen molar-refractivity contribution in [2.75, 3.05) is 19.0 Å². The van der Waals surface area contributed by atoms with Crippen molar-refractivity contribution in [2.45, 2.75) is 38.5 Å². The third kappa shape index (κ3) is 7.42. The molecule has 0 bridgehead atoms. The van der Waals surface area contributed by atoms with E-state index in [1.807, 2.05) is 67.5 Å². The molecule has 5 heteroatoms. The first kappa shape index (κ1) is 25.4. The third-order valence-corrected chi connectivity index (χ3v) is 6.54. The molecule has 0 aromatic heterocycles. The lowest BCUT2D eigenvalue weighted by Gasteiger charge is -2.19. The molecule has 3 aromatic rings. The quantitative estimate of drug-likeness (QED) is 0.338. The Morgan fingerprint density at radius 2 is 1.50 bits per heavy atom. The summed E-state index contributed by atoms with van der Waals surface area (Å²) in [4.78, 5) is 14.1. The number of thioether (sulfide) groups is 1. The lowest BCUT2D eigenvalue weighted by Crippen LogP contribution is -2.10. The molecule has 0 atom stereocenters. The van der Waals surface area contributed by atoms with Gasteiger partial charge in [0.1, 0.15) is 12.4 Å². The monoisotopic (exact) mass is 475 g/mol. The topological polar surface area (TPSA) is 49.8 Å². The Labute approximate surface area is 207 Å². The molecule has 34 heavy (non-hydrogen) atoms. The number of anilines is 1. The van der Waals surface area contributed by atoms with Crippen molar-refractivity contribution in [1.82, 2.24) is 0 Å². The summed E-state index contributed by atoms with van der Waals surface area (Å²) in [6.45, 7) is 7.09. The Morgan fingerprint density at radius 3 is 2.03 bits per heavy atom. The average Bonchev–Trinajstić information content (AvgIpc) is 2.81.